The highest BCUT2D eigenvalue weighted by atomic mass is 19.3. The fraction of sp³-hybridized carbons (Fsp3) is 0.455. The van der Waals surface area contributed by atoms with Gasteiger partial charge in [-0.2, -0.15) is 8.78 Å². The molecule has 0 unspecified atom stereocenters. The average Bonchev–Trinajstić information content (AvgIpc) is 2.65. The monoisotopic (exact) mass is 360 g/mol. The minimum absolute atomic E-state index is 0.150. The SMILES string of the molecule is CCC1CCC(c2ccc3c(c2)C(F)(F)Oc2c-3ccc(C)c2F)CC1. The van der Waals surface area contributed by atoms with E-state index in [1.54, 1.807) is 31.2 Å². The number of hydrogen-bond acceptors (Lipinski definition) is 1. The van der Waals surface area contributed by atoms with Gasteiger partial charge in [-0.3, -0.25) is 0 Å². The second kappa shape index (κ2) is 6.33. The molecule has 138 valence electrons. The van der Waals surface area contributed by atoms with Crippen molar-refractivity contribution < 1.29 is 17.9 Å². The van der Waals surface area contributed by atoms with Crippen LogP contribution in [-0.2, 0) is 6.11 Å². The molecule has 1 heterocycles. The lowest BCUT2D eigenvalue weighted by molar-refractivity contribution is -0.188. The van der Waals surface area contributed by atoms with E-state index >= 15 is 0 Å². The van der Waals surface area contributed by atoms with Gasteiger partial charge in [-0.1, -0.05) is 37.6 Å². The highest BCUT2D eigenvalue weighted by Gasteiger charge is 2.43. The summed E-state index contributed by atoms with van der Waals surface area (Å²) in [6, 6.07) is 8.48. The zero-order valence-corrected chi connectivity index (χ0v) is 15.1. The van der Waals surface area contributed by atoms with Crippen LogP contribution in [0, 0.1) is 18.7 Å². The number of rotatable bonds is 2. The molecule has 2 aliphatic rings. The second-order valence-electron chi connectivity index (χ2n) is 7.62. The molecule has 2 aromatic carbocycles. The molecule has 0 bridgehead atoms. The van der Waals surface area contributed by atoms with Crippen LogP contribution in [0.5, 0.6) is 5.75 Å². The van der Waals surface area contributed by atoms with Crippen LogP contribution in [0.15, 0.2) is 30.3 Å². The molecule has 4 heteroatoms. The first-order chi connectivity index (χ1) is 12.4. The zero-order valence-electron chi connectivity index (χ0n) is 15.1. The molecule has 26 heavy (non-hydrogen) atoms. The van der Waals surface area contributed by atoms with Gasteiger partial charge in [-0.25, -0.2) is 4.39 Å². The van der Waals surface area contributed by atoms with Crippen LogP contribution < -0.4 is 4.74 Å². The Bertz CT molecular complexity index is 836. The lowest BCUT2D eigenvalue weighted by atomic mass is 9.77. The number of fused-ring (bicyclic) bond motifs is 3. The Morgan fingerprint density at radius 3 is 2.42 bits per heavy atom. The molecular weight excluding hydrogens is 337 g/mol. The van der Waals surface area contributed by atoms with Crippen molar-refractivity contribution in [3.05, 3.63) is 52.8 Å². The molecule has 2 aromatic rings. The number of halogens is 3. The molecule has 0 radical (unpaired) electrons. The summed E-state index contributed by atoms with van der Waals surface area (Å²) in [6.45, 7) is 3.75. The number of aryl methyl sites for hydroxylation is 1. The fourth-order valence-corrected chi connectivity index (χ4v) is 4.35. The Balaban J connectivity index is 1.74. The normalized spacial score (nSPS) is 23.7. The molecule has 1 fully saturated rings. The molecule has 0 saturated heterocycles. The summed E-state index contributed by atoms with van der Waals surface area (Å²) in [5, 5.41) is 0. The highest BCUT2D eigenvalue weighted by Crippen LogP contribution is 2.49. The summed E-state index contributed by atoms with van der Waals surface area (Å²) in [5.74, 6) is 0.00953. The van der Waals surface area contributed by atoms with Crippen LogP contribution >= 0.6 is 0 Å². The lowest BCUT2D eigenvalue weighted by Crippen LogP contribution is -2.27. The van der Waals surface area contributed by atoms with Crippen molar-refractivity contribution in [2.45, 2.75) is 58.0 Å². The molecule has 0 aromatic heterocycles. The van der Waals surface area contributed by atoms with Gasteiger partial charge in [0.05, 0.1) is 5.56 Å². The first-order valence-corrected chi connectivity index (χ1v) is 9.41. The van der Waals surface area contributed by atoms with Crippen LogP contribution in [0.1, 0.15) is 61.6 Å². The maximum atomic E-state index is 14.7. The molecule has 0 amide bonds. The van der Waals surface area contributed by atoms with Gasteiger partial charge in [0.1, 0.15) is 0 Å². The Labute approximate surface area is 152 Å². The van der Waals surface area contributed by atoms with Crippen LogP contribution in [0.3, 0.4) is 0 Å². The van der Waals surface area contributed by atoms with E-state index in [1.165, 1.54) is 6.42 Å². The maximum Gasteiger partial charge on any atom is 0.427 e. The second-order valence-corrected chi connectivity index (χ2v) is 7.62. The Morgan fingerprint density at radius 1 is 1.04 bits per heavy atom. The van der Waals surface area contributed by atoms with Gasteiger partial charge in [0.15, 0.2) is 11.6 Å². The van der Waals surface area contributed by atoms with Crippen molar-refractivity contribution in [1.82, 2.24) is 0 Å². The molecule has 1 nitrogen and oxygen atoms in total. The van der Waals surface area contributed by atoms with Gasteiger partial charge in [0.2, 0.25) is 0 Å². The van der Waals surface area contributed by atoms with Crippen LogP contribution in [0.2, 0.25) is 0 Å². The van der Waals surface area contributed by atoms with E-state index in [2.05, 4.69) is 6.92 Å². The summed E-state index contributed by atoms with van der Waals surface area (Å²) >= 11 is 0. The minimum atomic E-state index is -3.52. The molecule has 1 aliphatic heterocycles. The van der Waals surface area contributed by atoms with Gasteiger partial charge in [0.25, 0.3) is 0 Å². The first-order valence-electron chi connectivity index (χ1n) is 9.41. The van der Waals surface area contributed by atoms with Crippen molar-refractivity contribution in [3.8, 4) is 16.9 Å². The van der Waals surface area contributed by atoms with E-state index in [0.29, 0.717) is 22.6 Å². The van der Waals surface area contributed by atoms with E-state index < -0.39 is 11.9 Å². The quantitative estimate of drug-likeness (QED) is 0.564. The van der Waals surface area contributed by atoms with E-state index in [1.807, 2.05) is 6.07 Å². The van der Waals surface area contributed by atoms with Crippen molar-refractivity contribution in [2.75, 3.05) is 0 Å². The Morgan fingerprint density at radius 2 is 1.73 bits per heavy atom. The highest BCUT2D eigenvalue weighted by molar-refractivity contribution is 5.77. The summed E-state index contributed by atoms with van der Waals surface area (Å²) in [5.41, 5.74) is 1.85. The van der Waals surface area contributed by atoms with Gasteiger partial charge < -0.3 is 4.74 Å². The molecule has 0 atom stereocenters. The Hall–Kier alpha value is -1.97. The molecular formula is C22H23F3O. The molecule has 4 rings (SSSR count). The van der Waals surface area contributed by atoms with Gasteiger partial charge in [-0.15, -0.1) is 0 Å². The van der Waals surface area contributed by atoms with Crippen LogP contribution in [-0.4, -0.2) is 0 Å². The van der Waals surface area contributed by atoms with E-state index in [4.69, 9.17) is 4.74 Å². The number of benzene rings is 2. The standard InChI is InChI=1S/C22H23F3O/c1-3-14-5-7-15(8-6-14)16-9-11-17-18-10-4-13(2)20(23)21(18)26-22(24,25)19(17)12-16/h4,9-12,14-15H,3,5-8H2,1-2H3. The third-order valence-corrected chi connectivity index (χ3v) is 6.06. The van der Waals surface area contributed by atoms with Crippen molar-refractivity contribution in [2.24, 2.45) is 5.92 Å². The summed E-state index contributed by atoms with van der Waals surface area (Å²) in [7, 11) is 0. The molecule has 0 spiro atoms. The smallest absolute Gasteiger partial charge is 0.425 e. The minimum Gasteiger partial charge on any atom is -0.425 e. The molecule has 1 aliphatic carbocycles. The predicted octanol–water partition coefficient (Wildman–Crippen LogP) is 6.93. The van der Waals surface area contributed by atoms with Crippen molar-refractivity contribution in [3.63, 3.8) is 0 Å². The predicted molar refractivity (Wildman–Crippen MR) is 96.1 cm³/mol. The zero-order chi connectivity index (χ0) is 18.5. The Kier molecular flexibility index (Phi) is 4.25. The summed E-state index contributed by atoms with van der Waals surface area (Å²) < 4.78 is 48.5. The average molecular weight is 360 g/mol. The summed E-state index contributed by atoms with van der Waals surface area (Å²) in [6.07, 6.45) is 2.04. The molecule has 0 N–H and O–H groups in total. The van der Waals surface area contributed by atoms with Gasteiger partial charge in [-0.05, 0) is 67.2 Å². The topological polar surface area (TPSA) is 9.23 Å². The van der Waals surface area contributed by atoms with Crippen molar-refractivity contribution >= 4 is 0 Å². The van der Waals surface area contributed by atoms with E-state index in [9.17, 15) is 13.2 Å². The molecule has 1 saturated carbocycles. The third-order valence-electron chi connectivity index (χ3n) is 6.06. The first kappa shape index (κ1) is 17.4. The largest absolute Gasteiger partial charge is 0.427 e. The van der Waals surface area contributed by atoms with E-state index in [0.717, 1.165) is 37.2 Å². The summed E-state index contributed by atoms with van der Waals surface area (Å²) in [4.78, 5) is 0. The lowest BCUT2D eigenvalue weighted by Gasteiger charge is -2.31. The number of ether oxygens (including phenoxy) is 1. The van der Waals surface area contributed by atoms with Crippen molar-refractivity contribution in [1.29, 1.82) is 0 Å². The van der Waals surface area contributed by atoms with E-state index in [-0.39, 0.29) is 11.3 Å². The fourth-order valence-electron chi connectivity index (χ4n) is 4.35. The maximum absolute atomic E-state index is 14.7. The van der Waals surface area contributed by atoms with Crippen LogP contribution in [0.25, 0.3) is 11.1 Å². The number of alkyl halides is 2. The van der Waals surface area contributed by atoms with Gasteiger partial charge in [0, 0.05) is 5.56 Å². The van der Waals surface area contributed by atoms with Gasteiger partial charge >= 0.3 is 6.11 Å². The van der Waals surface area contributed by atoms with Crippen LogP contribution in [0.4, 0.5) is 13.2 Å². The third kappa shape index (κ3) is 2.80. The number of hydrogen-bond donors (Lipinski definition) is 0.